The predicted octanol–water partition coefficient (Wildman–Crippen LogP) is 0.773. The molecule has 0 radical (unpaired) electrons. The minimum Gasteiger partial charge on any atom is -0.475 e. The minimum atomic E-state index is -5.08. The SMILES string of the molecule is C#N.O=C(O)C(F)(F)F. The van der Waals surface area contributed by atoms with E-state index >= 15 is 0 Å². The van der Waals surface area contributed by atoms with Gasteiger partial charge in [-0.15, -0.1) is 0 Å². The van der Waals surface area contributed by atoms with Gasteiger partial charge in [-0.05, 0) is 0 Å². The maximum Gasteiger partial charge on any atom is 0.490 e. The molecule has 0 saturated heterocycles. The van der Waals surface area contributed by atoms with Gasteiger partial charge in [0, 0.05) is 6.57 Å². The maximum atomic E-state index is 10.6. The van der Waals surface area contributed by atoms with Crippen LogP contribution in [0.3, 0.4) is 0 Å². The van der Waals surface area contributed by atoms with Crippen LogP contribution in [0.15, 0.2) is 0 Å². The van der Waals surface area contributed by atoms with E-state index in [1.165, 1.54) is 0 Å². The van der Waals surface area contributed by atoms with Crippen molar-refractivity contribution in [1.82, 2.24) is 0 Å². The lowest BCUT2D eigenvalue weighted by Gasteiger charge is -1.93. The van der Waals surface area contributed by atoms with Crippen molar-refractivity contribution in [1.29, 1.82) is 5.26 Å². The number of hydrogen-bond acceptors (Lipinski definition) is 2. The van der Waals surface area contributed by atoms with Gasteiger partial charge in [0.1, 0.15) is 0 Å². The molecule has 0 aromatic heterocycles. The number of hydrogen-bond donors (Lipinski definition) is 1. The van der Waals surface area contributed by atoms with Crippen LogP contribution < -0.4 is 0 Å². The lowest BCUT2D eigenvalue weighted by atomic mass is 10.7. The summed E-state index contributed by atoms with van der Waals surface area (Å²) in [4.78, 5) is 8.90. The molecule has 0 rings (SSSR count). The van der Waals surface area contributed by atoms with Gasteiger partial charge in [0.05, 0.1) is 0 Å². The zero-order valence-corrected chi connectivity index (χ0v) is 4.01. The fourth-order valence-corrected chi connectivity index (χ4v) is 0. The molecule has 0 bridgehead atoms. The quantitative estimate of drug-likeness (QED) is 0.542. The monoisotopic (exact) mass is 141 g/mol. The van der Waals surface area contributed by atoms with Gasteiger partial charge in [0.15, 0.2) is 0 Å². The fourth-order valence-electron chi connectivity index (χ4n) is 0. The number of nitrogens with zero attached hydrogens (tertiary/aromatic N) is 1. The Morgan fingerprint density at radius 1 is 1.44 bits per heavy atom. The lowest BCUT2D eigenvalue weighted by Crippen LogP contribution is -2.21. The number of carboxylic acids is 1. The standard InChI is InChI=1S/C2HF3O2.CHN/c3-2(4,5)1(6)7;1-2/h(H,6,7);1H. The van der Waals surface area contributed by atoms with Crippen LogP contribution in [0.2, 0.25) is 0 Å². The Labute approximate surface area is 48.3 Å². The topological polar surface area (TPSA) is 61.1 Å². The molecular weight excluding hydrogens is 139 g/mol. The Bertz CT molecular complexity index is 116. The number of alkyl halides is 3. The van der Waals surface area contributed by atoms with Crippen molar-refractivity contribution in [3.05, 3.63) is 0 Å². The summed E-state index contributed by atoms with van der Waals surface area (Å²) < 4.78 is 31.7. The van der Waals surface area contributed by atoms with Crippen LogP contribution in [0.5, 0.6) is 0 Å². The molecule has 1 N–H and O–H groups in total. The predicted molar refractivity (Wildman–Crippen MR) is 20.4 cm³/mol. The van der Waals surface area contributed by atoms with Crippen LogP contribution in [-0.2, 0) is 4.79 Å². The number of rotatable bonds is 0. The van der Waals surface area contributed by atoms with E-state index in [1.54, 1.807) is 0 Å². The molecule has 0 fully saturated rings. The van der Waals surface area contributed by atoms with E-state index in [-0.39, 0.29) is 0 Å². The van der Waals surface area contributed by atoms with Crippen molar-refractivity contribution in [2.75, 3.05) is 0 Å². The molecule has 52 valence electrons. The van der Waals surface area contributed by atoms with Gasteiger partial charge < -0.3 is 5.11 Å². The third-order valence-corrected chi connectivity index (χ3v) is 0.243. The molecule has 0 spiro atoms. The van der Waals surface area contributed by atoms with E-state index < -0.39 is 12.1 Å². The van der Waals surface area contributed by atoms with Crippen LogP contribution >= 0.6 is 0 Å². The fraction of sp³-hybridized carbons (Fsp3) is 0.333. The van der Waals surface area contributed by atoms with E-state index in [0.717, 1.165) is 0 Å². The first kappa shape index (κ1) is 10.7. The largest absolute Gasteiger partial charge is 0.490 e. The van der Waals surface area contributed by atoms with Crippen molar-refractivity contribution in [3.63, 3.8) is 0 Å². The van der Waals surface area contributed by atoms with Crippen molar-refractivity contribution in [2.45, 2.75) is 6.18 Å². The van der Waals surface area contributed by atoms with Crippen LogP contribution in [0.25, 0.3) is 0 Å². The highest BCUT2D eigenvalue weighted by molar-refractivity contribution is 5.73. The van der Waals surface area contributed by atoms with Gasteiger partial charge in [0.2, 0.25) is 0 Å². The van der Waals surface area contributed by atoms with Gasteiger partial charge in [0.25, 0.3) is 0 Å². The molecule has 0 unspecified atom stereocenters. The van der Waals surface area contributed by atoms with Crippen LogP contribution in [0.4, 0.5) is 13.2 Å². The summed E-state index contributed by atoms with van der Waals surface area (Å²) in [6.45, 7) is 3.50. The summed E-state index contributed by atoms with van der Waals surface area (Å²) in [6, 6.07) is 0. The van der Waals surface area contributed by atoms with Gasteiger partial charge >= 0.3 is 12.1 Å². The van der Waals surface area contributed by atoms with E-state index in [9.17, 15) is 13.2 Å². The Hall–Kier alpha value is -1.25. The summed E-state index contributed by atoms with van der Waals surface area (Å²) in [5.74, 6) is -2.76. The molecule has 0 amide bonds. The number of aliphatic carboxylic acids is 1. The maximum absolute atomic E-state index is 10.6. The van der Waals surface area contributed by atoms with Crippen molar-refractivity contribution < 1.29 is 23.1 Å². The number of carbonyl (C=O) groups is 1. The van der Waals surface area contributed by atoms with Gasteiger partial charge in [-0.1, -0.05) is 0 Å². The molecule has 0 heterocycles. The number of carboxylic acid groups (broad SMARTS) is 1. The molecule has 0 aliphatic rings. The molecule has 0 saturated carbocycles. The highest BCUT2D eigenvalue weighted by atomic mass is 19.4. The number of nitriles is 1. The van der Waals surface area contributed by atoms with Crippen LogP contribution in [0.1, 0.15) is 0 Å². The average Bonchev–Trinajstić information content (AvgIpc) is 1.69. The van der Waals surface area contributed by atoms with Crippen molar-refractivity contribution in [3.8, 4) is 6.57 Å². The average molecular weight is 141 g/mol. The zero-order chi connectivity index (χ0) is 8.08. The highest BCUT2D eigenvalue weighted by Crippen LogP contribution is 2.13. The lowest BCUT2D eigenvalue weighted by molar-refractivity contribution is -0.192. The smallest absolute Gasteiger partial charge is 0.475 e. The molecule has 0 aromatic rings. The van der Waals surface area contributed by atoms with E-state index in [0.29, 0.717) is 0 Å². The normalized spacial score (nSPS) is 9.00. The Balaban J connectivity index is 0. The summed E-state index contributed by atoms with van der Waals surface area (Å²) in [7, 11) is 0. The summed E-state index contributed by atoms with van der Waals surface area (Å²) in [5.41, 5.74) is 0. The first-order valence-corrected chi connectivity index (χ1v) is 1.50. The Morgan fingerprint density at radius 3 is 1.56 bits per heavy atom. The summed E-state index contributed by atoms with van der Waals surface area (Å²) in [6.07, 6.45) is -5.08. The second-order valence-corrected chi connectivity index (χ2v) is 0.803. The molecule has 0 aliphatic heterocycles. The minimum absolute atomic E-state index is 2.76. The van der Waals surface area contributed by atoms with Gasteiger partial charge in [-0.2, -0.15) is 13.2 Å². The second-order valence-electron chi connectivity index (χ2n) is 0.803. The molecule has 6 heteroatoms. The first-order chi connectivity index (χ1) is 3.94. The third-order valence-electron chi connectivity index (χ3n) is 0.243. The summed E-state index contributed by atoms with van der Waals surface area (Å²) in [5, 5.41) is 13.6. The Kier molecular flexibility index (Phi) is 4.41. The third kappa shape index (κ3) is 6.75. The molecule has 0 aliphatic carbocycles. The number of halogens is 3. The van der Waals surface area contributed by atoms with E-state index in [2.05, 4.69) is 6.57 Å². The first-order valence-electron chi connectivity index (χ1n) is 1.50. The van der Waals surface area contributed by atoms with E-state index in [4.69, 9.17) is 15.2 Å². The molecule has 0 aromatic carbocycles. The van der Waals surface area contributed by atoms with Crippen molar-refractivity contribution in [2.24, 2.45) is 0 Å². The molecular formula is C3H2F3NO2. The van der Waals surface area contributed by atoms with E-state index in [1.807, 2.05) is 0 Å². The highest BCUT2D eigenvalue weighted by Gasteiger charge is 2.38. The van der Waals surface area contributed by atoms with Crippen LogP contribution in [0, 0.1) is 11.8 Å². The van der Waals surface area contributed by atoms with Gasteiger partial charge in [-0.3, -0.25) is 0 Å². The second kappa shape index (κ2) is 3.72. The van der Waals surface area contributed by atoms with Crippen molar-refractivity contribution >= 4 is 5.97 Å². The summed E-state index contributed by atoms with van der Waals surface area (Å²) >= 11 is 0. The molecule has 9 heavy (non-hydrogen) atoms. The Morgan fingerprint density at radius 2 is 1.56 bits per heavy atom. The molecule has 0 atom stereocenters. The molecule has 3 nitrogen and oxygen atoms in total. The zero-order valence-electron chi connectivity index (χ0n) is 4.01. The van der Waals surface area contributed by atoms with Crippen LogP contribution in [-0.4, -0.2) is 17.3 Å². The van der Waals surface area contributed by atoms with Gasteiger partial charge in [-0.25, -0.2) is 10.1 Å².